The molecule has 0 heterocycles. The third-order valence-electron chi connectivity index (χ3n) is 4.86. The van der Waals surface area contributed by atoms with E-state index in [1.165, 1.54) is 17.8 Å². The van der Waals surface area contributed by atoms with Gasteiger partial charge in [0.1, 0.15) is 5.82 Å². The predicted molar refractivity (Wildman–Crippen MR) is 116 cm³/mol. The third kappa shape index (κ3) is 7.55. The number of rotatable bonds is 11. The molecule has 29 heavy (non-hydrogen) atoms. The number of nitriles is 1. The van der Waals surface area contributed by atoms with E-state index in [0.717, 1.165) is 36.1 Å². The van der Waals surface area contributed by atoms with Crippen LogP contribution in [0.15, 0.2) is 47.4 Å². The van der Waals surface area contributed by atoms with Gasteiger partial charge < -0.3 is 4.74 Å². The number of thioether (sulfide) groups is 1. The molecule has 0 aliphatic carbocycles. The molecular formula is C24H28FNO2S. The van der Waals surface area contributed by atoms with Crippen LogP contribution in [0.2, 0.25) is 0 Å². The van der Waals surface area contributed by atoms with Crippen molar-refractivity contribution in [1.82, 2.24) is 0 Å². The summed E-state index contributed by atoms with van der Waals surface area (Å²) in [7, 11) is 0. The molecule has 0 radical (unpaired) electrons. The number of halogens is 1. The van der Waals surface area contributed by atoms with E-state index in [1.54, 1.807) is 30.3 Å². The second-order valence-corrected chi connectivity index (χ2v) is 8.20. The molecule has 1 atom stereocenters. The first-order chi connectivity index (χ1) is 14.1. The Balaban J connectivity index is 1.81. The van der Waals surface area contributed by atoms with Crippen molar-refractivity contribution in [2.24, 2.45) is 5.92 Å². The summed E-state index contributed by atoms with van der Waals surface area (Å²) in [5, 5.41) is 8.86. The van der Waals surface area contributed by atoms with Gasteiger partial charge in [-0.2, -0.15) is 5.26 Å². The Morgan fingerprint density at radius 3 is 2.59 bits per heavy atom. The second-order valence-electron chi connectivity index (χ2n) is 7.03. The number of hydrogen-bond acceptors (Lipinski definition) is 4. The van der Waals surface area contributed by atoms with Gasteiger partial charge in [0.25, 0.3) is 0 Å². The average molecular weight is 414 g/mol. The lowest BCUT2D eigenvalue weighted by Gasteiger charge is -2.14. The fraction of sp³-hybridized carbons (Fsp3) is 0.417. The highest BCUT2D eigenvalue weighted by molar-refractivity contribution is 7.99. The van der Waals surface area contributed by atoms with E-state index in [0.29, 0.717) is 35.8 Å². The summed E-state index contributed by atoms with van der Waals surface area (Å²) < 4.78 is 19.9. The zero-order valence-electron chi connectivity index (χ0n) is 17.1. The third-order valence-corrected chi connectivity index (χ3v) is 5.86. The fourth-order valence-electron chi connectivity index (χ4n) is 2.98. The summed E-state index contributed by atoms with van der Waals surface area (Å²) in [5.74, 6) is 0.488. The molecule has 1 unspecified atom stereocenters. The van der Waals surface area contributed by atoms with Crippen molar-refractivity contribution >= 4 is 17.7 Å². The van der Waals surface area contributed by atoms with Gasteiger partial charge in [0.05, 0.1) is 24.7 Å². The Morgan fingerprint density at radius 1 is 1.21 bits per heavy atom. The van der Waals surface area contributed by atoms with E-state index in [2.05, 4.69) is 19.9 Å². The summed E-state index contributed by atoms with van der Waals surface area (Å²) >= 11 is 1.44. The molecule has 3 nitrogen and oxygen atoms in total. The van der Waals surface area contributed by atoms with E-state index >= 15 is 0 Å². The first-order valence-electron chi connectivity index (χ1n) is 10.2. The number of hydrogen-bond donors (Lipinski definition) is 0. The van der Waals surface area contributed by atoms with Gasteiger partial charge in [0, 0.05) is 16.2 Å². The smallest absolute Gasteiger partial charge is 0.306 e. The lowest BCUT2D eigenvalue weighted by atomic mass is 10.0. The molecule has 154 valence electrons. The van der Waals surface area contributed by atoms with Gasteiger partial charge >= 0.3 is 5.97 Å². The molecule has 0 spiro atoms. The summed E-state index contributed by atoms with van der Waals surface area (Å²) in [5.41, 5.74) is 1.77. The van der Waals surface area contributed by atoms with Crippen LogP contribution in [-0.4, -0.2) is 18.3 Å². The van der Waals surface area contributed by atoms with Crippen LogP contribution in [0.4, 0.5) is 4.39 Å². The monoisotopic (exact) mass is 413 g/mol. The lowest BCUT2D eigenvalue weighted by molar-refractivity contribution is -0.144. The highest BCUT2D eigenvalue weighted by atomic mass is 32.2. The van der Waals surface area contributed by atoms with Crippen LogP contribution in [0.5, 0.6) is 0 Å². The van der Waals surface area contributed by atoms with E-state index in [-0.39, 0.29) is 11.8 Å². The zero-order valence-corrected chi connectivity index (χ0v) is 17.9. The Bertz CT molecular complexity index is 830. The standard InChI is InChI=1S/C24H28FNO2S/c1-3-5-6-18(4-2)17-28-24(27)13-14-29-21-11-12-22(23(25)15-21)20-9-7-19(16-26)8-10-20/h7-12,15,18H,3-6,13-14,17H2,1-2H3. The van der Waals surface area contributed by atoms with Crippen molar-refractivity contribution in [1.29, 1.82) is 5.26 Å². The SMILES string of the molecule is CCCCC(CC)COC(=O)CCSc1ccc(-c2ccc(C#N)cc2)c(F)c1. The van der Waals surface area contributed by atoms with Gasteiger partial charge in [-0.15, -0.1) is 11.8 Å². The van der Waals surface area contributed by atoms with Crippen molar-refractivity contribution in [3.05, 3.63) is 53.8 Å². The maximum Gasteiger partial charge on any atom is 0.306 e. The Kier molecular flexibility index (Phi) is 9.73. The van der Waals surface area contributed by atoms with Gasteiger partial charge in [0.2, 0.25) is 0 Å². The van der Waals surface area contributed by atoms with Crippen LogP contribution in [0.3, 0.4) is 0 Å². The molecule has 0 aliphatic rings. The van der Waals surface area contributed by atoms with Crippen LogP contribution >= 0.6 is 11.8 Å². The van der Waals surface area contributed by atoms with Crippen LogP contribution in [0.1, 0.15) is 51.5 Å². The molecule has 2 aromatic carbocycles. The first-order valence-corrected chi connectivity index (χ1v) is 11.1. The molecule has 0 aromatic heterocycles. The molecule has 2 rings (SSSR count). The molecule has 0 saturated carbocycles. The summed E-state index contributed by atoms with van der Waals surface area (Å²) in [6.45, 7) is 4.78. The van der Waals surface area contributed by atoms with Gasteiger partial charge in [0.15, 0.2) is 0 Å². The highest BCUT2D eigenvalue weighted by Gasteiger charge is 2.11. The van der Waals surface area contributed by atoms with Gasteiger partial charge in [-0.1, -0.05) is 51.3 Å². The number of carbonyl (C=O) groups is 1. The summed E-state index contributed by atoms with van der Waals surface area (Å²) in [4.78, 5) is 12.7. The first kappa shape index (κ1) is 23.0. The van der Waals surface area contributed by atoms with E-state index in [1.807, 2.05) is 6.07 Å². The molecular weight excluding hydrogens is 385 g/mol. The summed E-state index contributed by atoms with van der Waals surface area (Å²) in [6.07, 6.45) is 4.75. The molecule has 0 aliphatic heterocycles. The largest absolute Gasteiger partial charge is 0.465 e. The predicted octanol–water partition coefficient (Wildman–Crippen LogP) is 6.61. The van der Waals surface area contributed by atoms with Crippen molar-refractivity contribution in [2.75, 3.05) is 12.4 Å². The average Bonchev–Trinajstić information content (AvgIpc) is 2.74. The van der Waals surface area contributed by atoms with Crippen molar-refractivity contribution < 1.29 is 13.9 Å². The number of esters is 1. The number of benzene rings is 2. The molecule has 5 heteroatoms. The molecule has 0 bridgehead atoms. The van der Waals surface area contributed by atoms with Crippen molar-refractivity contribution in [3.63, 3.8) is 0 Å². The Hall–Kier alpha value is -2.32. The zero-order chi connectivity index (χ0) is 21.1. The molecule has 0 fully saturated rings. The minimum absolute atomic E-state index is 0.192. The topological polar surface area (TPSA) is 50.1 Å². The van der Waals surface area contributed by atoms with Crippen molar-refractivity contribution in [3.8, 4) is 17.2 Å². The normalized spacial score (nSPS) is 11.7. The highest BCUT2D eigenvalue weighted by Crippen LogP contribution is 2.28. The van der Waals surface area contributed by atoms with Crippen LogP contribution < -0.4 is 0 Å². The Labute approximate surface area is 177 Å². The minimum atomic E-state index is -0.316. The van der Waals surface area contributed by atoms with Crippen LogP contribution in [0.25, 0.3) is 11.1 Å². The van der Waals surface area contributed by atoms with E-state index in [9.17, 15) is 9.18 Å². The fourth-order valence-corrected chi connectivity index (χ4v) is 3.83. The van der Waals surface area contributed by atoms with Crippen molar-refractivity contribution in [2.45, 2.75) is 50.8 Å². The maximum atomic E-state index is 14.5. The van der Waals surface area contributed by atoms with E-state index in [4.69, 9.17) is 10.00 Å². The number of ether oxygens (including phenoxy) is 1. The van der Waals surface area contributed by atoms with Gasteiger partial charge in [-0.05, 0) is 42.2 Å². The Morgan fingerprint density at radius 2 is 1.97 bits per heavy atom. The molecule has 2 aromatic rings. The lowest BCUT2D eigenvalue weighted by Crippen LogP contribution is -2.14. The summed E-state index contributed by atoms with van der Waals surface area (Å²) in [6, 6.07) is 14.0. The van der Waals surface area contributed by atoms with E-state index < -0.39 is 0 Å². The number of unbranched alkanes of at least 4 members (excludes halogenated alkanes) is 1. The van der Waals surface area contributed by atoms with Crippen LogP contribution in [0, 0.1) is 23.1 Å². The minimum Gasteiger partial charge on any atom is -0.465 e. The molecule has 0 saturated heterocycles. The van der Waals surface area contributed by atoms with Gasteiger partial charge in [-0.25, -0.2) is 4.39 Å². The quantitative estimate of drug-likeness (QED) is 0.307. The molecule has 0 N–H and O–H groups in total. The van der Waals surface area contributed by atoms with Gasteiger partial charge in [-0.3, -0.25) is 4.79 Å². The van der Waals surface area contributed by atoms with Crippen LogP contribution in [-0.2, 0) is 9.53 Å². The number of carbonyl (C=O) groups excluding carboxylic acids is 1. The second kappa shape index (κ2) is 12.3. The molecule has 0 amide bonds. The maximum absolute atomic E-state index is 14.5. The number of nitrogens with zero attached hydrogens (tertiary/aromatic N) is 1.